The van der Waals surface area contributed by atoms with E-state index in [1.54, 1.807) is 27.7 Å². The van der Waals surface area contributed by atoms with Gasteiger partial charge in [-0.2, -0.15) is 0 Å². The summed E-state index contributed by atoms with van der Waals surface area (Å²) < 4.78 is 5.08. The number of rotatable bonds is 4. The van der Waals surface area contributed by atoms with E-state index in [4.69, 9.17) is 15.6 Å². The van der Waals surface area contributed by atoms with Crippen LogP contribution in [0.2, 0.25) is 0 Å². The average Bonchev–Trinajstić information content (AvgIpc) is 1.95. The molecule has 0 rings (SSSR count). The van der Waals surface area contributed by atoms with Crippen LogP contribution in [-0.4, -0.2) is 28.7 Å². The van der Waals surface area contributed by atoms with Crippen molar-refractivity contribution in [3.8, 4) is 0 Å². The van der Waals surface area contributed by atoms with Gasteiger partial charge in [-0.15, -0.1) is 0 Å². The highest BCUT2D eigenvalue weighted by Crippen LogP contribution is 2.15. The smallest absolute Gasteiger partial charge is 0.311 e. The lowest BCUT2D eigenvalue weighted by Gasteiger charge is -2.24. The van der Waals surface area contributed by atoms with Gasteiger partial charge in [0.15, 0.2) is 0 Å². The minimum Gasteiger partial charge on any atom is -0.481 e. The Kier molecular flexibility index (Phi) is 4.74. The van der Waals surface area contributed by atoms with E-state index < -0.39 is 29.5 Å². The second kappa shape index (κ2) is 5.11. The van der Waals surface area contributed by atoms with E-state index in [1.165, 1.54) is 0 Å². The van der Waals surface area contributed by atoms with Crippen LogP contribution in [-0.2, 0) is 14.3 Å². The predicted octanol–water partition coefficient (Wildman–Crippen LogP) is 0.766. The maximum atomic E-state index is 11.6. The molecule has 0 aromatic heterocycles. The highest BCUT2D eigenvalue weighted by atomic mass is 16.6. The van der Waals surface area contributed by atoms with Crippen molar-refractivity contribution in [3.05, 3.63) is 0 Å². The van der Waals surface area contributed by atoms with Crippen molar-refractivity contribution in [1.29, 1.82) is 0 Å². The van der Waals surface area contributed by atoms with E-state index in [2.05, 4.69) is 0 Å². The molecule has 0 aromatic carbocycles. The molecule has 0 spiro atoms. The molecule has 0 radical (unpaired) electrons. The molecule has 2 unspecified atom stereocenters. The van der Waals surface area contributed by atoms with Crippen LogP contribution in [0, 0.1) is 5.92 Å². The largest absolute Gasteiger partial charge is 0.481 e. The van der Waals surface area contributed by atoms with Crippen molar-refractivity contribution in [1.82, 2.24) is 0 Å². The molecule has 0 bridgehead atoms. The SMILES string of the molecule is CC(N)C(CC(=O)O)C(=O)OC(C)(C)C. The molecule has 0 fully saturated rings. The van der Waals surface area contributed by atoms with Gasteiger partial charge in [-0.3, -0.25) is 9.59 Å². The first kappa shape index (κ1) is 13.9. The molecular formula is C10H19NO4. The lowest BCUT2D eigenvalue weighted by Crippen LogP contribution is -2.39. The van der Waals surface area contributed by atoms with Crippen LogP contribution in [0.15, 0.2) is 0 Å². The molecule has 15 heavy (non-hydrogen) atoms. The Bertz CT molecular complexity index is 242. The molecule has 0 saturated carbocycles. The summed E-state index contributed by atoms with van der Waals surface area (Å²) in [6.07, 6.45) is -0.299. The number of carboxylic acid groups (broad SMARTS) is 1. The van der Waals surface area contributed by atoms with Crippen LogP contribution in [0.1, 0.15) is 34.1 Å². The van der Waals surface area contributed by atoms with Crippen molar-refractivity contribution < 1.29 is 19.4 Å². The summed E-state index contributed by atoms with van der Waals surface area (Å²) in [5.41, 5.74) is 4.92. The molecule has 5 heteroatoms. The fourth-order valence-electron chi connectivity index (χ4n) is 1.05. The first-order valence-electron chi connectivity index (χ1n) is 4.83. The molecule has 2 atom stereocenters. The Labute approximate surface area is 89.6 Å². The van der Waals surface area contributed by atoms with E-state index in [0.717, 1.165) is 0 Å². The highest BCUT2D eigenvalue weighted by molar-refractivity contribution is 5.79. The van der Waals surface area contributed by atoms with E-state index in [9.17, 15) is 9.59 Å². The maximum absolute atomic E-state index is 11.6. The quantitative estimate of drug-likeness (QED) is 0.679. The van der Waals surface area contributed by atoms with Crippen molar-refractivity contribution in [2.75, 3.05) is 0 Å². The topological polar surface area (TPSA) is 89.6 Å². The number of nitrogens with two attached hydrogens (primary N) is 1. The zero-order valence-electron chi connectivity index (χ0n) is 9.61. The van der Waals surface area contributed by atoms with Gasteiger partial charge in [-0.1, -0.05) is 0 Å². The third kappa shape index (κ3) is 6.06. The third-order valence-corrected chi connectivity index (χ3v) is 1.74. The Hall–Kier alpha value is -1.10. The van der Waals surface area contributed by atoms with Crippen LogP contribution < -0.4 is 5.73 Å². The molecule has 0 aliphatic carbocycles. The number of carbonyl (C=O) groups excluding carboxylic acids is 1. The summed E-state index contributed by atoms with van der Waals surface area (Å²) in [6.45, 7) is 6.77. The van der Waals surface area contributed by atoms with Crippen molar-refractivity contribution >= 4 is 11.9 Å². The summed E-state index contributed by atoms with van der Waals surface area (Å²) in [6, 6.07) is -0.532. The van der Waals surface area contributed by atoms with Gasteiger partial charge in [0.1, 0.15) is 5.60 Å². The number of hydrogen-bond acceptors (Lipinski definition) is 4. The van der Waals surface area contributed by atoms with Gasteiger partial charge in [0.2, 0.25) is 0 Å². The van der Waals surface area contributed by atoms with Gasteiger partial charge in [0.25, 0.3) is 0 Å². The second-order valence-corrected chi connectivity index (χ2v) is 4.60. The molecule has 0 aliphatic heterocycles. The minimum absolute atomic E-state index is 0.299. The number of hydrogen-bond donors (Lipinski definition) is 2. The Morgan fingerprint density at radius 1 is 1.40 bits per heavy atom. The van der Waals surface area contributed by atoms with Crippen LogP contribution in [0.25, 0.3) is 0 Å². The molecule has 88 valence electrons. The summed E-state index contributed by atoms with van der Waals surface area (Å²) in [5.74, 6) is -2.40. The Morgan fingerprint density at radius 2 is 1.87 bits per heavy atom. The molecule has 0 aliphatic rings. The number of esters is 1. The predicted molar refractivity (Wildman–Crippen MR) is 55.2 cm³/mol. The van der Waals surface area contributed by atoms with Crippen LogP contribution in [0.3, 0.4) is 0 Å². The number of carbonyl (C=O) groups is 2. The first-order valence-corrected chi connectivity index (χ1v) is 4.83. The summed E-state index contributed by atoms with van der Waals surface area (Å²) >= 11 is 0. The first-order chi connectivity index (χ1) is 6.63. The van der Waals surface area contributed by atoms with E-state index >= 15 is 0 Å². The zero-order valence-corrected chi connectivity index (χ0v) is 9.61. The second-order valence-electron chi connectivity index (χ2n) is 4.60. The van der Waals surface area contributed by atoms with Crippen molar-refractivity contribution in [2.45, 2.75) is 45.8 Å². The van der Waals surface area contributed by atoms with E-state index in [-0.39, 0.29) is 6.42 Å². The summed E-state index contributed by atoms with van der Waals surface area (Å²) in [4.78, 5) is 22.1. The number of aliphatic carboxylic acids is 1. The van der Waals surface area contributed by atoms with Crippen LogP contribution >= 0.6 is 0 Å². The Morgan fingerprint density at radius 3 is 2.13 bits per heavy atom. The molecule has 0 saturated heterocycles. The maximum Gasteiger partial charge on any atom is 0.311 e. The van der Waals surface area contributed by atoms with Gasteiger partial charge < -0.3 is 15.6 Å². The molecule has 3 N–H and O–H groups in total. The minimum atomic E-state index is -1.05. The van der Waals surface area contributed by atoms with Crippen molar-refractivity contribution in [2.24, 2.45) is 11.7 Å². The Balaban J connectivity index is 4.50. The van der Waals surface area contributed by atoms with Gasteiger partial charge in [0, 0.05) is 6.04 Å². The molecule has 0 heterocycles. The molecule has 0 amide bonds. The number of carboxylic acids is 1. The highest BCUT2D eigenvalue weighted by Gasteiger charge is 2.29. The average molecular weight is 217 g/mol. The van der Waals surface area contributed by atoms with E-state index in [0.29, 0.717) is 0 Å². The molecular weight excluding hydrogens is 198 g/mol. The van der Waals surface area contributed by atoms with Crippen LogP contribution in [0.4, 0.5) is 0 Å². The summed E-state index contributed by atoms with van der Waals surface area (Å²) in [7, 11) is 0. The van der Waals surface area contributed by atoms with Gasteiger partial charge >= 0.3 is 11.9 Å². The number of ether oxygens (including phenoxy) is 1. The van der Waals surface area contributed by atoms with E-state index in [1.807, 2.05) is 0 Å². The standard InChI is InChI=1S/C10H19NO4/c1-6(11)7(5-8(12)13)9(14)15-10(2,3)4/h6-7H,5,11H2,1-4H3,(H,12,13). The molecule has 5 nitrogen and oxygen atoms in total. The lowest BCUT2D eigenvalue weighted by molar-refractivity contribution is -0.163. The monoisotopic (exact) mass is 217 g/mol. The normalized spacial score (nSPS) is 15.5. The third-order valence-electron chi connectivity index (χ3n) is 1.74. The fourth-order valence-corrected chi connectivity index (χ4v) is 1.05. The van der Waals surface area contributed by atoms with Gasteiger partial charge in [-0.25, -0.2) is 0 Å². The summed E-state index contributed by atoms with van der Waals surface area (Å²) in [5, 5.41) is 8.62. The van der Waals surface area contributed by atoms with Gasteiger partial charge in [0.05, 0.1) is 12.3 Å². The molecule has 0 aromatic rings. The van der Waals surface area contributed by atoms with Crippen LogP contribution in [0.5, 0.6) is 0 Å². The fraction of sp³-hybridized carbons (Fsp3) is 0.800. The van der Waals surface area contributed by atoms with Crippen molar-refractivity contribution in [3.63, 3.8) is 0 Å². The van der Waals surface area contributed by atoms with Gasteiger partial charge in [-0.05, 0) is 27.7 Å². The zero-order chi connectivity index (χ0) is 12.2. The lowest BCUT2D eigenvalue weighted by atomic mass is 9.98.